The minimum absolute atomic E-state index is 0.136. The van der Waals surface area contributed by atoms with Crippen LogP contribution in [0.25, 0.3) is 0 Å². The number of nitrogens with one attached hydrogen (secondary N) is 2. The van der Waals surface area contributed by atoms with Crippen molar-refractivity contribution in [2.24, 2.45) is 0 Å². The summed E-state index contributed by atoms with van der Waals surface area (Å²) in [6.45, 7) is 3.99. The monoisotopic (exact) mass is 340 g/mol. The molecular weight excluding hydrogens is 312 g/mol. The van der Waals surface area contributed by atoms with Crippen LogP contribution in [-0.4, -0.2) is 95.4 Å². The molecule has 3 saturated heterocycles. The van der Waals surface area contributed by atoms with Gasteiger partial charge in [0.1, 0.15) is 12.1 Å². The van der Waals surface area contributed by atoms with Crippen molar-refractivity contribution < 1.29 is 19.8 Å². The van der Waals surface area contributed by atoms with Crippen LogP contribution in [0, 0.1) is 0 Å². The first-order valence-electron chi connectivity index (χ1n) is 8.93. The van der Waals surface area contributed by atoms with Gasteiger partial charge in [0.05, 0.1) is 12.2 Å². The number of aliphatic hydroxyl groups is 2. The lowest BCUT2D eigenvalue weighted by molar-refractivity contribution is -0.138. The van der Waals surface area contributed by atoms with E-state index < -0.39 is 12.1 Å². The van der Waals surface area contributed by atoms with Gasteiger partial charge in [0.2, 0.25) is 11.8 Å². The van der Waals surface area contributed by atoms with Gasteiger partial charge < -0.3 is 30.6 Å². The van der Waals surface area contributed by atoms with Crippen LogP contribution in [0.1, 0.15) is 25.7 Å². The molecule has 24 heavy (non-hydrogen) atoms. The summed E-state index contributed by atoms with van der Waals surface area (Å²) in [4.78, 5) is 28.9. The maximum Gasteiger partial charge on any atom is 0.244 e. The number of hydrogen-bond donors (Lipinski definition) is 4. The number of piperazine rings is 1. The number of hydrogen-bond acceptors (Lipinski definition) is 6. The van der Waals surface area contributed by atoms with E-state index >= 15 is 0 Å². The molecule has 0 radical (unpaired) electrons. The zero-order chi connectivity index (χ0) is 17.1. The summed E-state index contributed by atoms with van der Waals surface area (Å²) in [6.07, 6.45) is 2.36. The Morgan fingerprint density at radius 1 is 0.750 bits per heavy atom. The quantitative estimate of drug-likeness (QED) is 0.467. The summed E-state index contributed by atoms with van der Waals surface area (Å²) in [5.74, 6) is -0.273. The second-order valence-electron chi connectivity index (χ2n) is 7.19. The van der Waals surface area contributed by atoms with Gasteiger partial charge in [0.15, 0.2) is 0 Å². The summed E-state index contributed by atoms with van der Waals surface area (Å²) in [6, 6.07) is -1.04. The summed E-state index contributed by atoms with van der Waals surface area (Å²) >= 11 is 0. The molecule has 0 spiro atoms. The molecule has 136 valence electrons. The van der Waals surface area contributed by atoms with E-state index in [9.17, 15) is 19.8 Å². The van der Waals surface area contributed by atoms with Crippen molar-refractivity contribution in [2.75, 3.05) is 39.3 Å². The third-order valence-electron chi connectivity index (χ3n) is 5.26. The third kappa shape index (κ3) is 4.44. The first kappa shape index (κ1) is 17.6. The van der Waals surface area contributed by atoms with E-state index in [4.69, 9.17) is 0 Å². The van der Waals surface area contributed by atoms with Crippen molar-refractivity contribution in [3.8, 4) is 0 Å². The Balaban J connectivity index is 1.47. The number of nitrogens with zero attached hydrogens (tertiary/aromatic N) is 2. The van der Waals surface area contributed by atoms with E-state index in [0.717, 1.165) is 26.2 Å². The lowest BCUT2D eigenvalue weighted by Gasteiger charge is -2.37. The van der Waals surface area contributed by atoms with Crippen LogP contribution < -0.4 is 10.6 Å². The SMILES string of the molecule is O=C1NC(CN2CCC(O)CC2)C(=O)NC1CN1CCC(O)CC1. The molecule has 4 N–H and O–H groups in total. The van der Waals surface area contributed by atoms with E-state index in [1.165, 1.54) is 0 Å². The van der Waals surface area contributed by atoms with Crippen LogP contribution in [-0.2, 0) is 9.59 Å². The average Bonchev–Trinajstić information content (AvgIpc) is 2.56. The Morgan fingerprint density at radius 3 is 1.42 bits per heavy atom. The fourth-order valence-electron chi connectivity index (χ4n) is 3.65. The topological polar surface area (TPSA) is 105 Å². The molecule has 2 atom stereocenters. The summed E-state index contributed by atoms with van der Waals surface area (Å²) in [7, 11) is 0. The lowest BCUT2D eigenvalue weighted by Crippen LogP contribution is -2.67. The van der Waals surface area contributed by atoms with Gasteiger partial charge in [-0.2, -0.15) is 0 Å². The maximum absolute atomic E-state index is 12.3. The molecule has 0 saturated carbocycles. The standard InChI is InChI=1S/C16H28N4O4/c21-11-1-5-19(6-2-11)9-13-15(23)18-14(16(24)17-13)10-20-7-3-12(22)4-8-20/h11-14,21-22H,1-10H2,(H,17,24)(H,18,23). The fraction of sp³-hybridized carbons (Fsp3) is 0.875. The fourth-order valence-corrected chi connectivity index (χ4v) is 3.65. The Kier molecular flexibility index (Phi) is 5.70. The second-order valence-corrected chi connectivity index (χ2v) is 7.19. The van der Waals surface area contributed by atoms with Crippen LogP contribution in [0.4, 0.5) is 0 Å². The molecule has 3 heterocycles. The van der Waals surface area contributed by atoms with Crippen LogP contribution in [0.3, 0.4) is 0 Å². The van der Waals surface area contributed by atoms with Crippen molar-refractivity contribution in [3.05, 3.63) is 0 Å². The van der Waals surface area contributed by atoms with Gasteiger partial charge in [-0.05, 0) is 25.7 Å². The molecule has 2 unspecified atom stereocenters. The van der Waals surface area contributed by atoms with Gasteiger partial charge in [0.25, 0.3) is 0 Å². The number of amides is 2. The molecule has 8 nitrogen and oxygen atoms in total. The molecule has 3 aliphatic heterocycles. The number of piperidine rings is 2. The van der Waals surface area contributed by atoms with Gasteiger partial charge in [0, 0.05) is 39.3 Å². The largest absolute Gasteiger partial charge is 0.393 e. The first-order valence-corrected chi connectivity index (χ1v) is 8.93. The maximum atomic E-state index is 12.3. The van der Waals surface area contributed by atoms with Gasteiger partial charge in [-0.25, -0.2) is 0 Å². The van der Waals surface area contributed by atoms with Crippen molar-refractivity contribution in [1.82, 2.24) is 20.4 Å². The van der Waals surface area contributed by atoms with Crippen LogP contribution in [0.5, 0.6) is 0 Å². The zero-order valence-electron chi connectivity index (χ0n) is 14.0. The summed E-state index contributed by atoms with van der Waals surface area (Å²) < 4.78 is 0. The number of carbonyl (C=O) groups is 2. The van der Waals surface area contributed by atoms with Crippen LogP contribution >= 0.6 is 0 Å². The zero-order valence-corrected chi connectivity index (χ0v) is 14.0. The molecule has 0 aromatic carbocycles. The smallest absolute Gasteiger partial charge is 0.244 e. The van der Waals surface area contributed by atoms with Gasteiger partial charge in [-0.3, -0.25) is 9.59 Å². The highest BCUT2D eigenvalue weighted by Crippen LogP contribution is 2.13. The third-order valence-corrected chi connectivity index (χ3v) is 5.26. The minimum atomic E-state index is -0.521. The van der Waals surface area contributed by atoms with E-state index in [-0.39, 0.29) is 24.0 Å². The second kappa shape index (κ2) is 7.77. The predicted molar refractivity (Wildman–Crippen MR) is 87.2 cm³/mol. The number of rotatable bonds is 4. The van der Waals surface area contributed by atoms with Crippen molar-refractivity contribution in [1.29, 1.82) is 0 Å². The Morgan fingerprint density at radius 2 is 1.08 bits per heavy atom. The first-order chi connectivity index (χ1) is 11.5. The van der Waals surface area contributed by atoms with Gasteiger partial charge in [-0.1, -0.05) is 0 Å². The number of aliphatic hydroxyl groups excluding tert-OH is 2. The Labute approximate surface area is 142 Å². The van der Waals surface area contributed by atoms with Crippen LogP contribution in [0.2, 0.25) is 0 Å². The molecule has 3 aliphatic rings. The predicted octanol–water partition coefficient (Wildman–Crippen LogP) is -2.12. The minimum Gasteiger partial charge on any atom is -0.393 e. The molecule has 2 amide bonds. The number of carbonyl (C=O) groups excluding carboxylic acids is 2. The lowest BCUT2D eigenvalue weighted by atomic mass is 10.0. The van der Waals surface area contributed by atoms with Crippen molar-refractivity contribution >= 4 is 11.8 Å². The molecule has 3 fully saturated rings. The molecular formula is C16H28N4O4. The van der Waals surface area contributed by atoms with E-state index in [1.807, 2.05) is 0 Å². The Hall–Kier alpha value is -1.22. The van der Waals surface area contributed by atoms with Crippen LogP contribution in [0.15, 0.2) is 0 Å². The van der Waals surface area contributed by atoms with E-state index in [1.54, 1.807) is 0 Å². The molecule has 8 heteroatoms. The highest BCUT2D eigenvalue weighted by atomic mass is 16.3. The molecule has 0 aliphatic carbocycles. The Bertz CT molecular complexity index is 417. The van der Waals surface area contributed by atoms with Gasteiger partial charge >= 0.3 is 0 Å². The summed E-state index contributed by atoms with van der Waals surface area (Å²) in [5.41, 5.74) is 0. The van der Waals surface area contributed by atoms with E-state index in [2.05, 4.69) is 20.4 Å². The highest BCUT2D eigenvalue weighted by Gasteiger charge is 2.36. The molecule has 0 aromatic heterocycles. The van der Waals surface area contributed by atoms with Crippen molar-refractivity contribution in [3.63, 3.8) is 0 Å². The van der Waals surface area contributed by atoms with E-state index in [0.29, 0.717) is 38.8 Å². The van der Waals surface area contributed by atoms with Gasteiger partial charge in [-0.15, -0.1) is 0 Å². The van der Waals surface area contributed by atoms with Crippen molar-refractivity contribution in [2.45, 2.75) is 50.0 Å². The molecule has 3 rings (SSSR count). The normalized spacial score (nSPS) is 31.8. The molecule has 0 aromatic rings. The highest BCUT2D eigenvalue weighted by molar-refractivity contribution is 5.97. The number of likely N-dealkylation sites (tertiary alicyclic amines) is 2. The summed E-state index contributed by atoms with van der Waals surface area (Å²) in [5, 5.41) is 24.8. The average molecular weight is 340 g/mol. The molecule has 0 bridgehead atoms.